The van der Waals surface area contributed by atoms with Crippen molar-refractivity contribution < 1.29 is 0 Å². The SMILES string of the molecule is CC(C)c1cc2cnccc2n(C)c1=O.Cc1nc(C(C)C)c(=O)n(C)c1C. The maximum atomic E-state index is 12.0. The summed E-state index contributed by atoms with van der Waals surface area (Å²) in [6, 6.07) is 3.80. The van der Waals surface area contributed by atoms with Crippen molar-refractivity contribution in [3.05, 3.63) is 67.9 Å². The van der Waals surface area contributed by atoms with Gasteiger partial charge in [-0.05, 0) is 31.9 Å². The molecule has 3 aromatic heterocycles. The number of hydrogen-bond donors (Lipinski definition) is 0. The first-order valence-corrected chi connectivity index (χ1v) is 9.54. The molecule has 3 heterocycles. The van der Waals surface area contributed by atoms with Gasteiger partial charge in [0.1, 0.15) is 5.69 Å². The first-order valence-electron chi connectivity index (χ1n) is 9.54. The van der Waals surface area contributed by atoms with E-state index in [9.17, 15) is 9.59 Å². The topological polar surface area (TPSA) is 69.8 Å². The molecule has 0 N–H and O–H groups in total. The van der Waals surface area contributed by atoms with E-state index in [-0.39, 0.29) is 23.0 Å². The van der Waals surface area contributed by atoms with Crippen LogP contribution in [0.3, 0.4) is 0 Å². The number of nitrogens with zero attached hydrogens (tertiary/aromatic N) is 4. The second-order valence-electron chi connectivity index (χ2n) is 7.74. The van der Waals surface area contributed by atoms with E-state index in [0.29, 0.717) is 5.69 Å². The lowest BCUT2D eigenvalue weighted by Gasteiger charge is -2.10. The summed E-state index contributed by atoms with van der Waals surface area (Å²) >= 11 is 0. The lowest BCUT2D eigenvalue weighted by atomic mass is 10.0. The summed E-state index contributed by atoms with van der Waals surface area (Å²) < 4.78 is 3.35. The zero-order valence-electron chi connectivity index (χ0n) is 18.1. The number of fused-ring (bicyclic) bond motifs is 1. The number of aromatic nitrogens is 4. The zero-order valence-corrected chi connectivity index (χ0v) is 18.1. The number of pyridine rings is 2. The van der Waals surface area contributed by atoms with Gasteiger partial charge in [-0.3, -0.25) is 19.6 Å². The molecule has 3 rings (SSSR count). The first-order chi connectivity index (χ1) is 13.1. The van der Waals surface area contributed by atoms with Crippen molar-refractivity contribution in [2.24, 2.45) is 14.1 Å². The Morgan fingerprint density at radius 2 is 1.57 bits per heavy atom. The molecule has 0 fully saturated rings. The third-order valence-corrected chi connectivity index (χ3v) is 5.06. The molecule has 6 nitrogen and oxygen atoms in total. The Morgan fingerprint density at radius 3 is 2.14 bits per heavy atom. The van der Waals surface area contributed by atoms with Gasteiger partial charge in [0.05, 0.1) is 11.2 Å². The predicted octanol–water partition coefficient (Wildman–Crippen LogP) is 3.58. The molecule has 6 heteroatoms. The molecular weight excluding hydrogens is 352 g/mol. The molecule has 0 bridgehead atoms. The van der Waals surface area contributed by atoms with E-state index in [0.717, 1.165) is 27.9 Å². The monoisotopic (exact) mass is 382 g/mol. The molecule has 0 spiro atoms. The number of hydrogen-bond acceptors (Lipinski definition) is 4. The Bertz CT molecular complexity index is 1110. The Kier molecular flexibility index (Phi) is 6.54. The van der Waals surface area contributed by atoms with Gasteiger partial charge in [-0.2, -0.15) is 0 Å². The summed E-state index contributed by atoms with van der Waals surface area (Å²) in [5.41, 5.74) is 4.42. The van der Waals surface area contributed by atoms with E-state index >= 15 is 0 Å². The van der Waals surface area contributed by atoms with Gasteiger partial charge in [0.15, 0.2) is 0 Å². The fourth-order valence-corrected chi connectivity index (χ4v) is 3.01. The van der Waals surface area contributed by atoms with Gasteiger partial charge < -0.3 is 9.13 Å². The van der Waals surface area contributed by atoms with E-state index in [1.54, 1.807) is 35.6 Å². The van der Waals surface area contributed by atoms with Gasteiger partial charge in [0.25, 0.3) is 11.1 Å². The van der Waals surface area contributed by atoms with Crippen LogP contribution in [0.25, 0.3) is 10.9 Å². The molecule has 3 aromatic rings. The van der Waals surface area contributed by atoms with E-state index in [1.165, 1.54) is 0 Å². The maximum absolute atomic E-state index is 12.0. The third-order valence-electron chi connectivity index (χ3n) is 5.06. The average Bonchev–Trinajstić information content (AvgIpc) is 2.66. The third kappa shape index (κ3) is 4.21. The van der Waals surface area contributed by atoms with Gasteiger partial charge in [0, 0.05) is 49.1 Å². The number of rotatable bonds is 2. The molecule has 0 saturated carbocycles. The summed E-state index contributed by atoms with van der Waals surface area (Å²) in [5.74, 6) is 0.436. The Labute approximate surface area is 165 Å². The van der Waals surface area contributed by atoms with Gasteiger partial charge in [-0.15, -0.1) is 0 Å². The summed E-state index contributed by atoms with van der Waals surface area (Å²) in [5, 5.41) is 1.02. The molecule has 0 saturated heterocycles. The number of aryl methyl sites for hydroxylation is 2. The highest BCUT2D eigenvalue weighted by atomic mass is 16.1. The molecule has 0 aliphatic carbocycles. The van der Waals surface area contributed by atoms with Crippen molar-refractivity contribution >= 4 is 10.9 Å². The largest absolute Gasteiger partial charge is 0.313 e. The summed E-state index contributed by atoms with van der Waals surface area (Å²) in [7, 11) is 3.59. The maximum Gasteiger partial charge on any atom is 0.272 e. The quantitative estimate of drug-likeness (QED) is 0.679. The van der Waals surface area contributed by atoms with Gasteiger partial charge >= 0.3 is 0 Å². The minimum Gasteiger partial charge on any atom is -0.313 e. The Morgan fingerprint density at radius 1 is 0.929 bits per heavy atom. The van der Waals surface area contributed by atoms with Crippen LogP contribution in [0.4, 0.5) is 0 Å². The minimum absolute atomic E-state index is 0.0260. The molecule has 0 radical (unpaired) electrons. The molecule has 0 amide bonds. The van der Waals surface area contributed by atoms with Crippen LogP contribution >= 0.6 is 0 Å². The van der Waals surface area contributed by atoms with Gasteiger partial charge in [-0.1, -0.05) is 27.7 Å². The molecule has 28 heavy (non-hydrogen) atoms. The van der Waals surface area contributed by atoms with E-state index in [2.05, 4.69) is 9.97 Å². The highest BCUT2D eigenvalue weighted by Gasteiger charge is 2.11. The molecule has 0 aliphatic heterocycles. The second kappa shape index (κ2) is 8.50. The predicted molar refractivity (Wildman–Crippen MR) is 114 cm³/mol. The molecule has 0 aromatic carbocycles. The van der Waals surface area contributed by atoms with Crippen molar-refractivity contribution in [3.63, 3.8) is 0 Å². The first kappa shape index (κ1) is 21.5. The lowest BCUT2D eigenvalue weighted by molar-refractivity contribution is 0.708. The molecule has 150 valence electrons. The van der Waals surface area contributed by atoms with Gasteiger partial charge in [0.2, 0.25) is 0 Å². The van der Waals surface area contributed by atoms with E-state index < -0.39 is 0 Å². The van der Waals surface area contributed by atoms with Crippen LogP contribution in [0.5, 0.6) is 0 Å². The van der Waals surface area contributed by atoms with Crippen molar-refractivity contribution in [2.75, 3.05) is 0 Å². The van der Waals surface area contributed by atoms with Crippen LogP contribution in [0.1, 0.15) is 62.2 Å². The normalized spacial score (nSPS) is 11.1. The zero-order chi connectivity index (χ0) is 21.2. The molecule has 0 aliphatic rings. The average molecular weight is 383 g/mol. The highest BCUT2D eigenvalue weighted by molar-refractivity contribution is 5.78. The molecular formula is C22H30N4O2. The van der Waals surface area contributed by atoms with Crippen LogP contribution in [0.2, 0.25) is 0 Å². The fourth-order valence-electron chi connectivity index (χ4n) is 3.01. The van der Waals surface area contributed by atoms with Crippen molar-refractivity contribution in [1.82, 2.24) is 19.1 Å². The van der Waals surface area contributed by atoms with Crippen molar-refractivity contribution in [3.8, 4) is 0 Å². The van der Waals surface area contributed by atoms with Crippen LogP contribution in [0, 0.1) is 13.8 Å². The Balaban J connectivity index is 0.000000203. The van der Waals surface area contributed by atoms with Crippen LogP contribution in [-0.2, 0) is 14.1 Å². The summed E-state index contributed by atoms with van der Waals surface area (Å²) in [6.07, 6.45) is 3.50. The summed E-state index contributed by atoms with van der Waals surface area (Å²) in [4.78, 5) is 32.0. The highest BCUT2D eigenvalue weighted by Crippen LogP contribution is 2.16. The van der Waals surface area contributed by atoms with Crippen LogP contribution in [-0.4, -0.2) is 19.1 Å². The second-order valence-corrected chi connectivity index (χ2v) is 7.74. The van der Waals surface area contributed by atoms with Gasteiger partial charge in [-0.25, -0.2) is 0 Å². The summed E-state index contributed by atoms with van der Waals surface area (Å²) in [6.45, 7) is 11.9. The molecule has 0 atom stereocenters. The van der Waals surface area contributed by atoms with Crippen LogP contribution in [0.15, 0.2) is 34.1 Å². The fraction of sp³-hybridized carbons (Fsp3) is 0.455. The van der Waals surface area contributed by atoms with Crippen molar-refractivity contribution in [1.29, 1.82) is 0 Å². The minimum atomic E-state index is 0.0260. The van der Waals surface area contributed by atoms with E-state index in [4.69, 9.17) is 0 Å². The lowest BCUT2D eigenvalue weighted by Crippen LogP contribution is -2.26. The Hall–Kier alpha value is -2.76. The smallest absolute Gasteiger partial charge is 0.272 e. The van der Waals surface area contributed by atoms with E-state index in [1.807, 2.05) is 53.7 Å². The van der Waals surface area contributed by atoms with Crippen LogP contribution < -0.4 is 11.1 Å². The molecule has 0 unspecified atom stereocenters. The standard InChI is InChI=1S/C12H14N2O.C10H16N2O/c1-8(2)10-6-9-7-13-5-4-11(9)14(3)12(10)15;1-6(2)9-10(13)12(5)8(4)7(3)11-9/h4-8H,1-3H3;6H,1-5H3. The van der Waals surface area contributed by atoms with Crippen molar-refractivity contribution in [2.45, 2.75) is 53.4 Å².